The number of carbonyl (C=O) groups is 2. The van der Waals surface area contributed by atoms with Gasteiger partial charge in [-0.15, -0.1) is 0 Å². The van der Waals surface area contributed by atoms with Crippen LogP contribution >= 0.6 is 0 Å². The minimum atomic E-state index is -1.12. The third kappa shape index (κ3) is 3.36. The van der Waals surface area contributed by atoms with E-state index in [2.05, 4.69) is 5.32 Å². The molecule has 0 spiro atoms. The molecule has 1 amide bonds. The molecule has 2 N–H and O–H groups in total. The summed E-state index contributed by atoms with van der Waals surface area (Å²) in [7, 11) is 1.62. The van der Waals surface area contributed by atoms with Crippen molar-refractivity contribution >= 4 is 11.9 Å². The summed E-state index contributed by atoms with van der Waals surface area (Å²) in [5.74, 6) is 0.0517. The summed E-state index contributed by atoms with van der Waals surface area (Å²) in [5, 5.41) is 11.6. The molecule has 2 aromatic rings. The van der Waals surface area contributed by atoms with Crippen molar-refractivity contribution in [3.8, 4) is 5.75 Å². The predicted octanol–water partition coefficient (Wildman–Crippen LogP) is 2.41. The fraction of sp³-hybridized carbons (Fsp3) is 0.294. The Hall–Kier alpha value is -2.76. The van der Waals surface area contributed by atoms with Gasteiger partial charge < -0.3 is 19.6 Å². The molecule has 1 fully saturated rings. The Kier molecular flexibility index (Phi) is 4.06. The van der Waals surface area contributed by atoms with Crippen molar-refractivity contribution in [3.63, 3.8) is 0 Å². The van der Waals surface area contributed by atoms with Crippen LogP contribution in [-0.4, -0.2) is 24.1 Å². The number of amides is 1. The van der Waals surface area contributed by atoms with Gasteiger partial charge in [-0.25, -0.2) is 4.79 Å². The van der Waals surface area contributed by atoms with E-state index in [0.29, 0.717) is 5.76 Å². The number of furan rings is 1. The van der Waals surface area contributed by atoms with Crippen LogP contribution in [0.5, 0.6) is 5.75 Å². The summed E-state index contributed by atoms with van der Waals surface area (Å²) in [6, 6.07) is 10.7. The zero-order valence-corrected chi connectivity index (χ0v) is 12.6. The number of hydrogen-bond acceptors (Lipinski definition) is 4. The van der Waals surface area contributed by atoms with Gasteiger partial charge in [-0.3, -0.25) is 4.79 Å². The van der Waals surface area contributed by atoms with Crippen LogP contribution < -0.4 is 10.1 Å². The van der Waals surface area contributed by atoms with Gasteiger partial charge in [-0.05, 0) is 42.2 Å². The highest BCUT2D eigenvalue weighted by Crippen LogP contribution is 2.48. The maximum Gasteiger partial charge on any atom is 0.371 e. The summed E-state index contributed by atoms with van der Waals surface area (Å²) in [5.41, 5.74) is 1.09. The Morgan fingerprint density at radius 1 is 1.35 bits per heavy atom. The molecule has 1 heterocycles. The van der Waals surface area contributed by atoms with E-state index < -0.39 is 5.97 Å². The number of methoxy groups -OCH3 is 1. The van der Waals surface area contributed by atoms with Crippen molar-refractivity contribution in [3.05, 3.63) is 53.5 Å². The number of carboxylic acid groups (broad SMARTS) is 1. The molecule has 1 saturated carbocycles. The molecule has 1 aromatic carbocycles. The Morgan fingerprint density at radius 3 is 2.87 bits per heavy atom. The molecule has 2 atom stereocenters. The molecule has 120 valence electrons. The number of carboxylic acids is 1. The maximum atomic E-state index is 12.2. The first-order chi connectivity index (χ1) is 11.1. The predicted molar refractivity (Wildman–Crippen MR) is 81.4 cm³/mol. The summed E-state index contributed by atoms with van der Waals surface area (Å²) in [4.78, 5) is 22.9. The molecule has 0 radical (unpaired) electrons. The van der Waals surface area contributed by atoms with Gasteiger partial charge in [0.05, 0.1) is 13.7 Å². The minimum Gasteiger partial charge on any atom is -0.497 e. The number of rotatable bonds is 6. The van der Waals surface area contributed by atoms with E-state index >= 15 is 0 Å². The smallest absolute Gasteiger partial charge is 0.371 e. The first kappa shape index (κ1) is 15.1. The van der Waals surface area contributed by atoms with Gasteiger partial charge in [-0.2, -0.15) is 0 Å². The van der Waals surface area contributed by atoms with E-state index in [1.165, 1.54) is 6.07 Å². The van der Waals surface area contributed by atoms with E-state index in [9.17, 15) is 9.59 Å². The molecule has 0 bridgehead atoms. The third-order valence-electron chi connectivity index (χ3n) is 3.96. The number of ether oxygens (including phenoxy) is 1. The van der Waals surface area contributed by atoms with Gasteiger partial charge in [0, 0.05) is 5.92 Å². The quantitative estimate of drug-likeness (QED) is 0.854. The largest absolute Gasteiger partial charge is 0.497 e. The lowest BCUT2D eigenvalue weighted by molar-refractivity contribution is -0.122. The Bertz CT molecular complexity index is 736. The average Bonchev–Trinajstić information content (AvgIpc) is 3.22. The molecule has 1 aromatic heterocycles. The highest BCUT2D eigenvalue weighted by molar-refractivity contribution is 5.84. The molecule has 23 heavy (non-hydrogen) atoms. The van der Waals surface area contributed by atoms with Crippen molar-refractivity contribution in [1.82, 2.24) is 5.32 Å². The number of aromatic carboxylic acids is 1. The molecular weight excluding hydrogens is 298 g/mol. The van der Waals surface area contributed by atoms with E-state index in [-0.39, 0.29) is 30.0 Å². The van der Waals surface area contributed by atoms with Crippen LogP contribution in [0.3, 0.4) is 0 Å². The van der Waals surface area contributed by atoms with E-state index in [4.69, 9.17) is 14.3 Å². The molecule has 0 saturated heterocycles. The van der Waals surface area contributed by atoms with Gasteiger partial charge in [0.15, 0.2) is 0 Å². The van der Waals surface area contributed by atoms with Gasteiger partial charge in [-0.1, -0.05) is 12.1 Å². The maximum absolute atomic E-state index is 12.2. The van der Waals surface area contributed by atoms with Gasteiger partial charge >= 0.3 is 5.97 Å². The molecular formula is C17H17NO5. The first-order valence-electron chi connectivity index (χ1n) is 7.32. The molecule has 1 aliphatic rings. The molecule has 1 aliphatic carbocycles. The van der Waals surface area contributed by atoms with Crippen molar-refractivity contribution in [2.75, 3.05) is 7.11 Å². The third-order valence-corrected chi connectivity index (χ3v) is 3.96. The van der Waals surface area contributed by atoms with E-state index in [0.717, 1.165) is 17.7 Å². The minimum absolute atomic E-state index is 0.0499. The van der Waals surface area contributed by atoms with Crippen LogP contribution in [-0.2, 0) is 11.3 Å². The lowest BCUT2D eigenvalue weighted by atomic mass is 10.1. The Morgan fingerprint density at radius 2 is 2.17 bits per heavy atom. The summed E-state index contributed by atoms with van der Waals surface area (Å²) >= 11 is 0. The molecule has 3 rings (SSSR count). The van der Waals surface area contributed by atoms with E-state index in [1.54, 1.807) is 13.2 Å². The van der Waals surface area contributed by atoms with Crippen LogP contribution in [0.15, 0.2) is 40.8 Å². The molecule has 6 nitrogen and oxygen atoms in total. The second-order valence-corrected chi connectivity index (χ2v) is 5.51. The van der Waals surface area contributed by atoms with Gasteiger partial charge in [0.1, 0.15) is 11.5 Å². The second kappa shape index (κ2) is 6.16. The number of nitrogens with one attached hydrogen (secondary N) is 1. The molecule has 0 aliphatic heterocycles. The summed E-state index contributed by atoms with van der Waals surface area (Å²) in [6.45, 7) is 0.188. The van der Waals surface area contributed by atoms with Crippen molar-refractivity contribution in [1.29, 1.82) is 0 Å². The first-order valence-corrected chi connectivity index (χ1v) is 7.32. The lowest BCUT2D eigenvalue weighted by Gasteiger charge is -2.05. The van der Waals surface area contributed by atoms with Crippen LogP contribution in [0, 0.1) is 5.92 Å². The summed E-state index contributed by atoms with van der Waals surface area (Å²) < 4.78 is 10.3. The van der Waals surface area contributed by atoms with Crippen molar-refractivity contribution in [2.45, 2.75) is 18.9 Å². The number of carbonyl (C=O) groups excluding carboxylic acids is 1. The van der Waals surface area contributed by atoms with Crippen molar-refractivity contribution < 1.29 is 23.8 Å². The Labute approximate surface area is 133 Å². The zero-order chi connectivity index (χ0) is 16.4. The SMILES string of the molecule is COc1cccc(C2CC2C(=O)NCc2ccc(C(=O)O)o2)c1. The van der Waals surface area contributed by atoms with Crippen LogP contribution in [0.25, 0.3) is 0 Å². The van der Waals surface area contributed by atoms with Crippen LogP contribution in [0.1, 0.15) is 34.2 Å². The normalized spacial score (nSPS) is 19.2. The fourth-order valence-electron chi connectivity index (χ4n) is 2.62. The molecule has 2 unspecified atom stereocenters. The lowest BCUT2D eigenvalue weighted by Crippen LogP contribution is -2.24. The number of benzene rings is 1. The van der Waals surface area contributed by atoms with Gasteiger partial charge in [0.25, 0.3) is 0 Å². The fourth-order valence-corrected chi connectivity index (χ4v) is 2.62. The van der Waals surface area contributed by atoms with Crippen molar-refractivity contribution in [2.24, 2.45) is 5.92 Å². The average molecular weight is 315 g/mol. The topological polar surface area (TPSA) is 88.8 Å². The van der Waals surface area contributed by atoms with Crippen LogP contribution in [0.2, 0.25) is 0 Å². The monoisotopic (exact) mass is 315 g/mol. The highest BCUT2D eigenvalue weighted by Gasteiger charge is 2.43. The van der Waals surface area contributed by atoms with E-state index in [1.807, 2.05) is 24.3 Å². The number of hydrogen-bond donors (Lipinski definition) is 2. The van der Waals surface area contributed by atoms with Crippen LogP contribution in [0.4, 0.5) is 0 Å². The van der Waals surface area contributed by atoms with Gasteiger partial charge in [0.2, 0.25) is 11.7 Å². The molecule has 6 heteroatoms. The standard InChI is InChI=1S/C17H17NO5/c1-22-11-4-2-3-10(7-11)13-8-14(13)16(19)18-9-12-5-6-15(23-12)17(20)21/h2-7,13-14H,8-9H2,1H3,(H,18,19)(H,20,21). The zero-order valence-electron chi connectivity index (χ0n) is 12.6. The Balaban J connectivity index is 1.54. The summed E-state index contributed by atoms with van der Waals surface area (Å²) in [6.07, 6.45) is 0.803. The highest BCUT2D eigenvalue weighted by atomic mass is 16.5. The second-order valence-electron chi connectivity index (χ2n) is 5.51.